The summed E-state index contributed by atoms with van der Waals surface area (Å²) in [4.78, 5) is 27.4. The number of carbonyl (C=O) groups excluding carboxylic acids is 2. The minimum absolute atomic E-state index is 0.107. The van der Waals surface area contributed by atoms with Gasteiger partial charge in [0.15, 0.2) is 17.5 Å². The van der Waals surface area contributed by atoms with E-state index in [4.69, 9.17) is 4.74 Å². The maximum atomic E-state index is 12.5. The number of hydrogen-bond acceptors (Lipinski definition) is 5. The molecule has 0 unspecified atom stereocenters. The molecule has 0 radical (unpaired) electrons. The van der Waals surface area contributed by atoms with Crippen molar-refractivity contribution >= 4 is 23.0 Å². The second-order valence-electron chi connectivity index (χ2n) is 8.18. The first-order valence-corrected chi connectivity index (χ1v) is 10.0. The van der Waals surface area contributed by atoms with Crippen LogP contribution in [0.25, 0.3) is 0 Å². The van der Waals surface area contributed by atoms with Gasteiger partial charge in [-0.1, -0.05) is 20.8 Å². The summed E-state index contributed by atoms with van der Waals surface area (Å²) in [5.41, 5.74) is -0.403. The van der Waals surface area contributed by atoms with Crippen LogP contribution in [0.15, 0.2) is 12.1 Å². The minimum Gasteiger partial charge on any atom is -0.475 e. The fourth-order valence-electron chi connectivity index (χ4n) is 2.83. The summed E-state index contributed by atoms with van der Waals surface area (Å²) in [6.07, 6.45) is -3.70. The van der Waals surface area contributed by atoms with E-state index in [1.165, 1.54) is 6.07 Å². The number of likely N-dealkylation sites (tertiary alicyclic amines) is 1. The molecular formula is C19H27F3N2O3S. The average Bonchev–Trinajstić information content (AvgIpc) is 3.20. The number of ketones is 1. The van der Waals surface area contributed by atoms with Crippen LogP contribution in [0.1, 0.15) is 45.0 Å². The number of halogens is 3. The summed E-state index contributed by atoms with van der Waals surface area (Å²) >= 11 is 1.09. The van der Waals surface area contributed by atoms with Crippen molar-refractivity contribution in [2.24, 2.45) is 11.3 Å². The Morgan fingerprint density at radius 3 is 2.61 bits per heavy atom. The predicted octanol–water partition coefficient (Wildman–Crippen LogP) is 3.80. The van der Waals surface area contributed by atoms with Crippen molar-refractivity contribution in [1.29, 1.82) is 0 Å². The van der Waals surface area contributed by atoms with Crippen molar-refractivity contribution in [2.45, 2.75) is 46.3 Å². The van der Waals surface area contributed by atoms with E-state index in [1.54, 1.807) is 13.0 Å². The number of ether oxygens (including phenoxy) is 1. The van der Waals surface area contributed by atoms with Gasteiger partial charge < -0.3 is 10.1 Å². The Kier molecular flexibility index (Phi) is 7.14. The van der Waals surface area contributed by atoms with Crippen molar-refractivity contribution in [3.63, 3.8) is 0 Å². The molecule has 1 aromatic rings. The Morgan fingerprint density at radius 1 is 1.32 bits per heavy atom. The molecule has 2 heterocycles. The number of alkyl halides is 3. The number of carbonyl (C=O) groups is 2. The molecule has 0 aliphatic carbocycles. The van der Waals surface area contributed by atoms with Gasteiger partial charge in [-0.15, -0.1) is 11.3 Å². The molecule has 0 saturated carbocycles. The fraction of sp³-hybridized carbons (Fsp3) is 0.684. The molecule has 5 nitrogen and oxygen atoms in total. The molecule has 2 atom stereocenters. The molecule has 0 aromatic carbocycles. The minimum atomic E-state index is -4.38. The van der Waals surface area contributed by atoms with Gasteiger partial charge in [0.2, 0.25) is 5.91 Å². The van der Waals surface area contributed by atoms with E-state index in [1.807, 2.05) is 25.7 Å². The quantitative estimate of drug-likeness (QED) is 0.729. The lowest BCUT2D eigenvalue weighted by atomic mass is 9.90. The molecule has 1 amide bonds. The highest BCUT2D eigenvalue weighted by Gasteiger charge is 2.32. The van der Waals surface area contributed by atoms with Crippen LogP contribution < -0.4 is 10.1 Å². The molecule has 1 N–H and O–H groups in total. The van der Waals surface area contributed by atoms with Crippen LogP contribution in [0.2, 0.25) is 0 Å². The van der Waals surface area contributed by atoms with E-state index in [0.29, 0.717) is 26.1 Å². The molecule has 28 heavy (non-hydrogen) atoms. The summed E-state index contributed by atoms with van der Waals surface area (Å²) < 4.78 is 41.4. The zero-order valence-electron chi connectivity index (χ0n) is 16.6. The first kappa shape index (κ1) is 22.7. The summed E-state index contributed by atoms with van der Waals surface area (Å²) in [5, 5.41) is 3.08. The molecular weight excluding hydrogens is 393 g/mol. The van der Waals surface area contributed by atoms with E-state index >= 15 is 0 Å². The predicted molar refractivity (Wildman–Crippen MR) is 101 cm³/mol. The van der Waals surface area contributed by atoms with E-state index < -0.39 is 18.2 Å². The molecule has 2 rings (SSSR count). The number of amides is 1. The number of hydrogen-bond donors (Lipinski definition) is 1. The van der Waals surface area contributed by atoms with Gasteiger partial charge in [-0.2, -0.15) is 13.2 Å². The molecule has 9 heteroatoms. The number of Topliss-reactive ketones (excluding diaryl/α,β-unsaturated/α-hetero) is 1. The zero-order chi connectivity index (χ0) is 21.1. The van der Waals surface area contributed by atoms with Gasteiger partial charge in [0, 0.05) is 16.8 Å². The Bertz CT molecular complexity index is 697. The standard InChI is InChI=1S/C19H27F3N2O3S/c1-12(14-5-6-16(28-14)27-11-19(20,21)22)23-17(26)13-7-8-24(9-13)10-15(25)18(2,3)4/h5-6,12-13H,7-11H2,1-4H3,(H,23,26)/t12-,13-/m1/s1. The molecule has 1 aliphatic rings. The van der Waals surface area contributed by atoms with Crippen LogP contribution in [-0.2, 0) is 9.59 Å². The van der Waals surface area contributed by atoms with Gasteiger partial charge in [-0.3, -0.25) is 14.5 Å². The molecule has 1 saturated heterocycles. The number of rotatable bonds is 7. The van der Waals surface area contributed by atoms with Crippen molar-refractivity contribution in [1.82, 2.24) is 10.2 Å². The van der Waals surface area contributed by atoms with Crippen molar-refractivity contribution in [3.05, 3.63) is 17.0 Å². The van der Waals surface area contributed by atoms with Crippen LogP contribution >= 0.6 is 11.3 Å². The van der Waals surface area contributed by atoms with Crippen LogP contribution in [0.5, 0.6) is 5.06 Å². The van der Waals surface area contributed by atoms with Gasteiger partial charge in [0.1, 0.15) is 0 Å². The van der Waals surface area contributed by atoms with Crippen molar-refractivity contribution in [2.75, 3.05) is 26.2 Å². The van der Waals surface area contributed by atoms with E-state index in [-0.39, 0.29) is 28.7 Å². The molecule has 1 fully saturated rings. The van der Waals surface area contributed by atoms with E-state index in [9.17, 15) is 22.8 Å². The molecule has 158 valence electrons. The summed E-state index contributed by atoms with van der Waals surface area (Å²) in [7, 11) is 0. The third-order valence-electron chi connectivity index (χ3n) is 4.61. The molecule has 1 aromatic heterocycles. The third kappa shape index (κ3) is 6.77. The van der Waals surface area contributed by atoms with Crippen LogP contribution in [-0.4, -0.2) is 49.0 Å². The lowest BCUT2D eigenvalue weighted by Gasteiger charge is -2.22. The Hall–Kier alpha value is -1.61. The first-order valence-electron chi connectivity index (χ1n) is 9.20. The van der Waals surface area contributed by atoms with Gasteiger partial charge in [0.25, 0.3) is 0 Å². The topological polar surface area (TPSA) is 58.6 Å². The van der Waals surface area contributed by atoms with Crippen LogP contribution in [0.3, 0.4) is 0 Å². The van der Waals surface area contributed by atoms with Crippen molar-refractivity contribution in [3.8, 4) is 5.06 Å². The lowest BCUT2D eigenvalue weighted by molar-refractivity contribution is -0.152. The Labute approximate surface area is 167 Å². The third-order valence-corrected chi connectivity index (χ3v) is 5.79. The number of thiophene rings is 1. The smallest absolute Gasteiger partial charge is 0.422 e. The zero-order valence-corrected chi connectivity index (χ0v) is 17.4. The van der Waals surface area contributed by atoms with Gasteiger partial charge in [-0.05, 0) is 32.0 Å². The van der Waals surface area contributed by atoms with Gasteiger partial charge in [-0.25, -0.2) is 0 Å². The van der Waals surface area contributed by atoms with Crippen LogP contribution in [0.4, 0.5) is 13.2 Å². The largest absolute Gasteiger partial charge is 0.475 e. The van der Waals surface area contributed by atoms with Gasteiger partial charge in [0.05, 0.1) is 18.5 Å². The summed E-state index contributed by atoms with van der Waals surface area (Å²) in [6, 6.07) is 2.81. The normalized spacial score (nSPS) is 19.5. The monoisotopic (exact) mass is 420 g/mol. The second-order valence-corrected chi connectivity index (χ2v) is 9.26. The van der Waals surface area contributed by atoms with E-state index in [0.717, 1.165) is 16.2 Å². The number of nitrogens with zero attached hydrogens (tertiary/aromatic N) is 1. The van der Waals surface area contributed by atoms with Crippen LogP contribution in [0, 0.1) is 11.3 Å². The lowest BCUT2D eigenvalue weighted by Crippen LogP contribution is -2.37. The molecule has 1 aliphatic heterocycles. The summed E-state index contributed by atoms with van der Waals surface area (Å²) in [6.45, 7) is 7.66. The van der Waals surface area contributed by atoms with Crippen molar-refractivity contribution < 1.29 is 27.5 Å². The molecule has 0 spiro atoms. The Morgan fingerprint density at radius 2 is 2.00 bits per heavy atom. The number of nitrogens with one attached hydrogen (secondary N) is 1. The Balaban J connectivity index is 1.83. The fourth-order valence-corrected chi connectivity index (χ4v) is 3.69. The second kappa shape index (κ2) is 8.82. The average molecular weight is 420 g/mol. The highest BCUT2D eigenvalue weighted by Crippen LogP contribution is 2.31. The maximum absolute atomic E-state index is 12.5. The SMILES string of the molecule is C[C@@H](NC(=O)[C@@H]1CCN(CC(=O)C(C)(C)C)C1)c1ccc(OCC(F)(F)F)s1. The highest BCUT2D eigenvalue weighted by molar-refractivity contribution is 7.13. The first-order chi connectivity index (χ1) is 12.8. The molecule has 0 bridgehead atoms. The highest BCUT2D eigenvalue weighted by atomic mass is 32.1. The summed E-state index contributed by atoms with van der Waals surface area (Å²) in [5.74, 6) is -0.160. The van der Waals surface area contributed by atoms with Gasteiger partial charge >= 0.3 is 6.18 Å². The maximum Gasteiger partial charge on any atom is 0.422 e. The van der Waals surface area contributed by atoms with E-state index in [2.05, 4.69) is 5.32 Å².